The second-order valence-corrected chi connectivity index (χ2v) is 7.14. The summed E-state index contributed by atoms with van der Waals surface area (Å²) < 4.78 is 0. The van der Waals surface area contributed by atoms with E-state index in [1.54, 1.807) is 0 Å². The number of carbonyl (C=O) groups excluding carboxylic acids is 1. The highest BCUT2D eigenvalue weighted by Crippen LogP contribution is 2.31. The van der Waals surface area contributed by atoms with Crippen LogP contribution in [0, 0.1) is 0 Å². The van der Waals surface area contributed by atoms with Crippen LogP contribution in [0.3, 0.4) is 0 Å². The van der Waals surface area contributed by atoms with E-state index < -0.39 is 17.2 Å². The lowest BCUT2D eigenvalue weighted by Gasteiger charge is -2.20. The Hall–Kier alpha value is -2.85. The number of aromatic amines is 2. The second-order valence-electron chi connectivity index (χ2n) is 6.07. The SMILES string of the molecule is O=C(Nc1ncc(C2CCNCC2)s1)c1cnc2[nH]c(=O)[nH]c(=O)c2c1. The first-order valence-corrected chi connectivity index (χ1v) is 9.02. The van der Waals surface area contributed by atoms with Gasteiger partial charge in [0, 0.05) is 17.3 Å². The van der Waals surface area contributed by atoms with Crippen LogP contribution in [-0.2, 0) is 0 Å². The average molecular weight is 372 g/mol. The van der Waals surface area contributed by atoms with E-state index in [0.29, 0.717) is 11.0 Å². The van der Waals surface area contributed by atoms with E-state index in [1.165, 1.54) is 23.6 Å². The number of thiazole rings is 1. The Morgan fingerprint density at radius 2 is 1.96 bits per heavy atom. The molecule has 0 spiro atoms. The molecule has 0 saturated carbocycles. The molecule has 0 aliphatic carbocycles. The number of rotatable bonds is 3. The number of amides is 1. The predicted molar refractivity (Wildman–Crippen MR) is 97.9 cm³/mol. The number of carbonyl (C=O) groups is 1. The zero-order valence-corrected chi connectivity index (χ0v) is 14.5. The number of nitrogens with zero attached hydrogens (tertiary/aromatic N) is 2. The summed E-state index contributed by atoms with van der Waals surface area (Å²) >= 11 is 1.46. The fourth-order valence-electron chi connectivity index (χ4n) is 2.98. The Morgan fingerprint density at radius 3 is 2.77 bits per heavy atom. The Bertz CT molecular complexity index is 1080. The molecular weight excluding hydrogens is 356 g/mol. The van der Waals surface area contributed by atoms with E-state index in [-0.39, 0.29) is 16.6 Å². The van der Waals surface area contributed by atoms with Gasteiger partial charge in [-0.2, -0.15) is 0 Å². The summed E-state index contributed by atoms with van der Waals surface area (Å²) in [7, 11) is 0. The fourth-order valence-corrected chi connectivity index (χ4v) is 3.96. The second kappa shape index (κ2) is 6.81. The number of fused-ring (bicyclic) bond motifs is 1. The largest absolute Gasteiger partial charge is 0.327 e. The van der Waals surface area contributed by atoms with Crippen molar-refractivity contribution in [1.82, 2.24) is 25.3 Å². The molecule has 1 aliphatic heterocycles. The van der Waals surface area contributed by atoms with Gasteiger partial charge in [-0.1, -0.05) is 0 Å². The van der Waals surface area contributed by atoms with Crippen molar-refractivity contribution in [1.29, 1.82) is 0 Å². The summed E-state index contributed by atoms with van der Waals surface area (Å²) in [6.45, 7) is 1.98. The summed E-state index contributed by atoms with van der Waals surface area (Å²) in [5.74, 6) is 0.0633. The van der Waals surface area contributed by atoms with Crippen molar-refractivity contribution in [3.8, 4) is 0 Å². The van der Waals surface area contributed by atoms with Crippen molar-refractivity contribution < 1.29 is 4.79 Å². The number of hydrogen-bond acceptors (Lipinski definition) is 7. The lowest BCUT2D eigenvalue weighted by atomic mass is 9.97. The molecule has 26 heavy (non-hydrogen) atoms. The van der Waals surface area contributed by atoms with Crippen LogP contribution < -0.4 is 21.9 Å². The van der Waals surface area contributed by atoms with Crippen LogP contribution in [-0.4, -0.2) is 38.9 Å². The minimum atomic E-state index is -0.638. The Kier molecular flexibility index (Phi) is 4.35. The Labute approximate surface area is 150 Å². The summed E-state index contributed by atoms with van der Waals surface area (Å²) in [6.07, 6.45) is 5.25. The van der Waals surface area contributed by atoms with E-state index in [9.17, 15) is 14.4 Å². The molecule has 1 aliphatic rings. The van der Waals surface area contributed by atoms with E-state index in [4.69, 9.17) is 0 Å². The molecule has 0 unspecified atom stereocenters. The summed E-state index contributed by atoms with van der Waals surface area (Å²) in [5, 5.41) is 6.72. The van der Waals surface area contributed by atoms with E-state index in [0.717, 1.165) is 30.8 Å². The monoisotopic (exact) mass is 372 g/mol. The molecular formula is C16H16N6O3S. The van der Waals surface area contributed by atoms with Crippen molar-refractivity contribution in [3.63, 3.8) is 0 Å². The minimum Gasteiger partial charge on any atom is -0.317 e. The van der Waals surface area contributed by atoms with Crippen LogP contribution in [0.15, 0.2) is 28.0 Å². The predicted octanol–water partition coefficient (Wildman–Crippen LogP) is 0.787. The van der Waals surface area contributed by atoms with Gasteiger partial charge in [-0.15, -0.1) is 11.3 Å². The summed E-state index contributed by atoms with van der Waals surface area (Å²) in [5.41, 5.74) is -0.875. The maximum Gasteiger partial charge on any atom is 0.327 e. The van der Waals surface area contributed by atoms with Crippen LogP contribution in [0.1, 0.15) is 34.0 Å². The summed E-state index contributed by atoms with van der Waals surface area (Å²) in [4.78, 5) is 49.5. The molecule has 0 aromatic carbocycles. The van der Waals surface area contributed by atoms with Crippen molar-refractivity contribution in [2.24, 2.45) is 0 Å². The van der Waals surface area contributed by atoms with Gasteiger partial charge in [0.15, 0.2) is 5.13 Å². The normalized spacial score (nSPS) is 15.2. The third-order valence-electron chi connectivity index (χ3n) is 4.34. The highest BCUT2D eigenvalue weighted by atomic mass is 32.1. The number of piperidine rings is 1. The van der Waals surface area contributed by atoms with Crippen LogP contribution in [0.25, 0.3) is 11.0 Å². The molecule has 9 nitrogen and oxygen atoms in total. The van der Waals surface area contributed by atoms with Gasteiger partial charge >= 0.3 is 5.69 Å². The van der Waals surface area contributed by atoms with Crippen molar-refractivity contribution in [3.05, 3.63) is 49.7 Å². The Morgan fingerprint density at radius 1 is 1.15 bits per heavy atom. The average Bonchev–Trinajstić information content (AvgIpc) is 3.10. The molecule has 0 atom stereocenters. The third kappa shape index (κ3) is 3.28. The molecule has 0 radical (unpaired) electrons. The first-order valence-electron chi connectivity index (χ1n) is 8.20. The molecule has 0 bridgehead atoms. The van der Waals surface area contributed by atoms with Crippen molar-refractivity contribution in [2.45, 2.75) is 18.8 Å². The van der Waals surface area contributed by atoms with Crippen LogP contribution in [0.5, 0.6) is 0 Å². The minimum absolute atomic E-state index is 0.137. The van der Waals surface area contributed by atoms with Gasteiger partial charge in [0.1, 0.15) is 5.65 Å². The topological polar surface area (TPSA) is 133 Å². The van der Waals surface area contributed by atoms with Crippen molar-refractivity contribution in [2.75, 3.05) is 18.4 Å². The lowest BCUT2D eigenvalue weighted by molar-refractivity contribution is 0.102. The van der Waals surface area contributed by atoms with Gasteiger partial charge in [-0.3, -0.25) is 24.9 Å². The molecule has 3 aromatic rings. The molecule has 10 heteroatoms. The molecule has 1 saturated heterocycles. The van der Waals surface area contributed by atoms with Gasteiger partial charge in [0.2, 0.25) is 0 Å². The van der Waals surface area contributed by atoms with Crippen LogP contribution in [0.2, 0.25) is 0 Å². The Balaban J connectivity index is 1.55. The summed E-state index contributed by atoms with van der Waals surface area (Å²) in [6, 6.07) is 1.40. The zero-order valence-electron chi connectivity index (χ0n) is 13.7. The standard InChI is InChI=1S/C16H16N6O3S/c23-13(9-5-10-12(18-6-9)20-15(25)21-14(10)24)22-16-19-7-11(26-16)8-1-3-17-4-2-8/h5-8,17H,1-4H2,(H,19,22,23)(H2,18,20,21,24,25). The first kappa shape index (κ1) is 16.6. The maximum atomic E-state index is 12.4. The van der Waals surface area contributed by atoms with Crippen LogP contribution in [0.4, 0.5) is 5.13 Å². The third-order valence-corrected chi connectivity index (χ3v) is 5.41. The maximum absolute atomic E-state index is 12.4. The highest BCUT2D eigenvalue weighted by Gasteiger charge is 2.19. The molecule has 4 heterocycles. The fraction of sp³-hybridized carbons (Fsp3) is 0.312. The number of anilines is 1. The van der Waals surface area contributed by atoms with E-state index in [2.05, 4.69) is 30.6 Å². The van der Waals surface area contributed by atoms with E-state index >= 15 is 0 Å². The number of nitrogens with one attached hydrogen (secondary N) is 4. The molecule has 134 valence electrons. The number of hydrogen-bond donors (Lipinski definition) is 4. The molecule has 3 aromatic heterocycles. The number of pyridine rings is 1. The van der Waals surface area contributed by atoms with Crippen LogP contribution >= 0.6 is 11.3 Å². The lowest BCUT2D eigenvalue weighted by Crippen LogP contribution is -2.26. The van der Waals surface area contributed by atoms with Gasteiger partial charge in [0.25, 0.3) is 11.5 Å². The first-order chi connectivity index (χ1) is 12.6. The number of H-pyrrole nitrogens is 2. The quantitative estimate of drug-likeness (QED) is 0.537. The highest BCUT2D eigenvalue weighted by molar-refractivity contribution is 7.15. The molecule has 4 rings (SSSR count). The van der Waals surface area contributed by atoms with E-state index in [1.807, 2.05) is 6.20 Å². The van der Waals surface area contributed by atoms with Crippen molar-refractivity contribution >= 4 is 33.4 Å². The molecule has 1 amide bonds. The smallest absolute Gasteiger partial charge is 0.317 e. The molecule has 4 N–H and O–H groups in total. The molecule has 1 fully saturated rings. The zero-order chi connectivity index (χ0) is 18.1. The number of aromatic nitrogens is 4. The van der Waals surface area contributed by atoms with Gasteiger partial charge < -0.3 is 5.32 Å². The van der Waals surface area contributed by atoms with Gasteiger partial charge in [-0.05, 0) is 37.9 Å². The van der Waals surface area contributed by atoms with Gasteiger partial charge in [0.05, 0.1) is 10.9 Å². The van der Waals surface area contributed by atoms with Gasteiger partial charge in [-0.25, -0.2) is 14.8 Å².